The highest BCUT2D eigenvalue weighted by molar-refractivity contribution is 6.09. The predicted octanol–water partition coefficient (Wildman–Crippen LogP) is 1.47. The van der Waals surface area contributed by atoms with Crippen LogP contribution in [0.4, 0.5) is 5.69 Å². The molecular formula is C18H19N3O4. The normalized spacial score (nSPS) is 16.4. The van der Waals surface area contributed by atoms with Crippen molar-refractivity contribution in [1.29, 1.82) is 0 Å². The lowest BCUT2D eigenvalue weighted by Gasteiger charge is -2.14. The molecule has 1 aromatic carbocycles. The maximum atomic E-state index is 12.2. The fourth-order valence-corrected chi connectivity index (χ4v) is 2.66. The molecule has 0 unspecified atom stereocenters. The minimum atomic E-state index is -0.740. The topological polar surface area (TPSA) is 100 Å². The van der Waals surface area contributed by atoms with Gasteiger partial charge < -0.3 is 20.4 Å². The molecule has 0 saturated carbocycles. The largest absolute Gasteiger partial charge is 0.469 e. The van der Waals surface area contributed by atoms with Gasteiger partial charge in [-0.05, 0) is 30.7 Å². The molecule has 2 heterocycles. The number of anilines is 1. The highest BCUT2D eigenvalue weighted by Gasteiger charge is 2.27. The zero-order chi connectivity index (χ0) is 17.6. The lowest BCUT2D eigenvalue weighted by atomic mass is 10.1. The molecule has 3 amide bonds. The van der Waals surface area contributed by atoms with Crippen LogP contribution in [0.5, 0.6) is 0 Å². The zero-order valence-corrected chi connectivity index (χ0v) is 13.6. The van der Waals surface area contributed by atoms with E-state index in [9.17, 15) is 14.4 Å². The van der Waals surface area contributed by atoms with Gasteiger partial charge in [0.05, 0.1) is 17.5 Å². The van der Waals surface area contributed by atoms with Gasteiger partial charge in [0.25, 0.3) is 5.91 Å². The van der Waals surface area contributed by atoms with Gasteiger partial charge in [0.15, 0.2) is 0 Å². The first-order chi connectivity index (χ1) is 12.1. The Morgan fingerprint density at radius 1 is 1.16 bits per heavy atom. The van der Waals surface area contributed by atoms with Crippen molar-refractivity contribution >= 4 is 23.4 Å². The molecule has 25 heavy (non-hydrogen) atoms. The fourth-order valence-electron chi connectivity index (χ4n) is 2.66. The predicted molar refractivity (Wildman–Crippen MR) is 91.0 cm³/mol. The summed E-state index contributed by atoms with van der Waals surface area (Å²) in [4.78, 5) is 36.4. The maximum Gasteiger partial charge on any atom is 0.254 e. The van der Waals surface area contributed by atoms with Gasteiger partial charge in [-0.2, -0.15) is 0 Å². The van der Waals surface area contributed by atoms with Crippen LogP contribution in [0.25, 0.3) is 0 Å². The molecule has 0 radical (unpaired) electrons. The van der Waals surface area contributed by atoms with Gasteiger partial charge in [-0.25, -0.2) is 0 Å². The average molecular weight is 341 g/mol. The average Bonchev–Trinajstić information content (AvgIpc) is 3.08. The number of hydrogen-bond acceptors (Lipinski definition) is 4. The number of carbonyl (C=O) groups excluding carboxylic acids is 3. The summed E-state index contributed by atoms with van der Waals surface area (Å²) in [6.07, 6.45) is 2.57. The summed E-state index contributed by atoms with van der Waals surface area (Å²) in [5, 5.41) is 8.17. The second kappa shape index (κ2) is 7.65. The molecule has 130 valence electrons. The van der Waals surface area contributed by atoms with Crippen molar-refractivity contribution in [3.8, 4) is 0 Å². The van der Waals surface area contributed by atoms with Gasteiger partial charge in [-0.15, -0.1) is 0 Å². The minimum Gasteiger partial charge on any atom is -0.469 e. The van der Waals surface area contributed by atoms with Gasteiger partial charge >= 0.3 is 0 Å². The van der Waals surface area contributed by atoms with Crippen molar-refractivity contribution in [3.05, 3.63) is 54.0 Å². The monoisotopic (exact) mass is 341 g/mol. The van der Waals surface area contributed by atoms with Crippen molar-refractivity contribution in [2.24, 2.45) is 0 Å². The number of rotatable bonds is 6. The molecule has 3 rings (SSSR count). The van der Waals surface area contributed by atoms with E-state index in [-0.39, 0.29) is 30.6 Å². The first-order valence-corrected chi connectivity index (χ1v) is 8.13. The molecule has 1 aliphatic rings. The fraction of sp³-hybridized carbons (Fsp3) is 0.278. The summed E-state index contributed by atoms with van der Waals surface area (Å²) in [6.45, 7) is 0.459. The highest BCUT2D eigenvalue weighted by Crippen LogP contribution is 2.19. The van der Waals surface area contributed by atoms with Gasteiger partial charge in [0.2, 0.25) is 11.8 Å². The van der Waals surface area contributed by atoms with E-state index in [1.165, 1.54) is 0 Å². The van der Waals surface area contributed by atoms with Crippen molar-refractivity contribution in [3.63, 3.8) is 0 Å². The Kier molecular flexibility index (Phi) is 5.13. The Morgan fingerprint density at radius 3 is 2.80 bits per heavy atom. The first kappa shape index (κ1) is 16.8. The standard InChI is InChI=1S/C18H19N3O4/c22-16(19-10-9-12-4-3-11-25-12)8-7-15-18(24)20-14-6-2-1-5-13(14)17(23)21-15/h1-6,11,15H,7-10H2,(H,19,22)(H,20,24)(H,21,23)/t15-/m0/s1. The van der Waals surface area contributed by atoms with Crippen molar-refractivity contribution in [1.82, 2.24) is 10.6 Å². The number of furan rings is 1. The zero-order valence-electron chi connectivity index (χ0n) is 13.6. The molecule has 0 bridgehead atoms. The second-order valence-electron chi connectivity index (χ2n) is 5.78. The summed E-state index contributed by atoms with van der Waals surface area (Å²) in [7, 11) is 0. The number of benzene rings is 1. The Hall–Kier alpha value is -3.09. The molecule has 0 aliphatic carbocycles. The third kappa shape index (κ3) is 4.26. The van der Waals surface area contributed by atoms with Gasteiger partial charge in [0.1, 0.15) is 11.8 Å². The molecule has 0 saturated heterocycles. The third-order valence-electron chi connectivity index (χ3n) is 3.99. The van der Waals surface area contributed by atoms with E-state index in [0.29, 0.717) is 24.2 Å². The number of nitrogens with one attached hydrogen (secondary N) is 3. The van der Waals surface area contributed by atoms with Crippen LogP contribution in [0.3, 0.4) is 0 Å². The highest BCUT2D eigenvalue weighted by atomic mass is 16.3. The minimum absolute atomic E-state index is 0.146. The van der Waals surface area contributed by atoms with Crippen LogP contribution in [0.2, 0.25) is 0 Å². The van der Waals surface area contributed by atoms with E-state index in [2.05, 4.69) is 16.0 Å². The molecule has 1 aromatic heterocycles. The molecule has 0 fully saturated rings. The number of hydrogen-bond donors (Lipinski definition) is 3. The van der Waals surface area contributed by atoms with Crippen LogP contribution in [-0.2, 0) is 16.0 Å². The van der Waals surface area contributed by atoms with Crippen molar-refractivity contribution < 1.29 is 18.8 Å². The van der Waals surface area contributed by atoms with Crippen LogP contribution in [0.1, 0.15) is 29.0 Å². The lowest BCUT2D eigenvalue weighted by Crippen LogP contribution is -2.42. The summed E-state index contributed by atoms with van der Waals surface area (Å²) >= 11 is 0. The maximum absolute atomic E-state index is 12.2. The third-order valence-corrected chi connectivity index (χ3v) is 3.99. The Balaban J connectivity index is 1.48. The summed E-state index contributed by atoms with van der Waals surface area (Å²) in [6, 6.07) is 9.70. The molecule has 2 aromatic rings. The van der Waals surface area contributed by atoms with Crippen LogP contribution in [0.15, 0.2) is 47.1 Å². The first-order valence-electron chi connectivity index (χ1n) is 8.13. The van der Waals surface area contributed by atoms with Crippen molar-refractivity contribution in [2.75, 3.05) is 11.9 Å². The number of carbonyl (C=O) groups is 3. The van der Waals surface area contributed by atoms with E-state index in [0.717, 1.165) is 5.76 Å². The summed E-state index contributed by atoms with van der Waals surface area (Å²) in [5.41, 5.74) is 0.900. The molecule has 1 atom stereocenters. The van der Waals surface area contributed by atoms with Crippen molar-refractivity contribution in [2.45, 2.75) is 25.3 Å². The number of fused-ring (bicyclic) bond motifs is 1. The molecule has 7 heteroatoms. The number of para-hydroxylation sites is 1. The molecular weight excluding hydrogens is 322 g/mol. The van der Waals surface area contributed by atoms with Gasteiger partial charge in [-0.3, -0.25) is 14.4 Å². The van der Waals surface area contributed by atoms with Crippen LogP contribution in [-0.4, -0.2) is 30.3 Å². The van der Waals surface area contributed by atoms with E-state index in [1.54, 1.807) is 36.6 Å². The molecule has 1 aliphatic heterocycles. The van der Waals surface area contributed by atoms with Gasteiger partial charge in [-0.1, -0.05) is 12.1 Å². The van der Waals surface area contributed by atoms with E-state index in [1.807, 2.05) is 6.07 Å². The second-order valence-corrected chi connectivity index (χ2v) is 5.78. The van der Waals surface area contributed by atoms with Crippen LogP contribution in [0, 0.1) is 0 Å². The Labute approximate surface area is 144 Å². The molecule has 7 nitrogen and oxygen atoms in total. The smallest absolute Gasteiger partial charge is 0.254 e. The van der Waals surface area contributed by atoms with Gasteiger partial charge in [0, 0.05) is 19.4 Å². The Bertz CT molecular complexity index is 770. The lowest BCUT2D eigenvalue weighted by molar-refractivity contribution is -0.121. The summed E-state index contributed by atoms with van der Waals surface area (Å²) in [5.74, 6) is -0.0114. The van der Waals surface area contributed by atoms with E-state index in [4.69, 9.17) is 4.42 Å². The quantitative estimate of drug-likeness (QED) is 0.741. The molecule has 3 N–H and O–H groups in total. The molecule has 0 spiro atoms. The van der Waals surface area contributed by atoms with Crippen LogP contribution >= 0.6 is 0 Å². The van der Waals surface area contributed by atoms with E-state index >= 15 is 0 Å². The van der Waals surface area contributed by atoms with E-state index < -0.39 is 6.04 Å². The summed E-state index contributed by atoms with van der Waals surface area (Å²) < 4.78 is 5.19. The van der Waals surface area contributed by atoms with Crippen LogP contribution < -0.4 is 16.0 Å². The SMILES string of the molecule is O=C(CC[C@@H]1NC(=O)c2ccccc2NC1=O)NCCc1ccco1. The Morgan fingerprint density at radius 2 is 2.00 bits per heavy atom. The number of amides is 3.